The monoisotopic (exact) mass is 333 g/mol. The van der Waals surface area contributed by atoms with Crippen LogP contribution in [0.4, 0.5) is 0 Å². The van der Waals surface area contributed by atoms with Crippen LogP contribution in [0.1, 0.15) is 19.4 Å². The first kappa shape index (κ1) is 14.0. The number of halogens is 1. The molecule has 1 aliphatic rings. The van der Waals surface area contributed by atoms with E-state index in [1.165, 1.54) is 0 Å². The highest BCUT2D eigenvalue weighted by Crippen LogP contribution is 2.36. The Morgan fingerprint density at radius 1 is 1.33 bits per heavy atom. The zero-order valence-corrected chi connectivity index (χ0v) is 13.0. The molecule has 1 heterocycles. The van der Waals surface area contributed by atoms with Crippen molar-refractivity contribution in [3.63, 3.8) is 0 Å². The van der Waals surface area contributed by atoms with Gasteiger partial charge in [0.25, 0.3) is 10.0 Å². The normalized spacial score (nSPS) is 24.3. The van der Waals surface area contributed by atoms with Gasteiger partial charge in [0.15, 0.2) is 0 Å². The van der Waals surface area contributed by atoms with Gasteiger partial charge < -0.3 is 0 Å². The molecule has 0 aromatic heterocycles. The van der Waals surface area contributed by atoms with E-state index >= 15 is 0 Å². The highest BCUT2D eigenvalue weighted by atomic mass is 79.9. The third kappa shape index (κ3) is 2.22. The predicted octanol–water partition coefficient (Wildman–Crippen LogP) is 2.47. The molecule has 6 heteroatoms. The minimum absolute atomic E-state index is 0.0229. The summed E-state index contributed by atoms with van der Waals surface area (Å²) in [5, 5.41) is 0. The fraction of sp³-hybridized carbons (Fsp3) is 0.500. The summed E-state index contributed by atoms with van der Waals surface area (Å²) in [6.07, 6.45) is 0. The molecule has 18 heavy (non-hydrogen) atoms. The number of hydrogen-bond acceptors (Lipinski definition) is 3. The van der Waals surface area contributed by atoms with E-state index in [4.69, 9.17) is 4.84 Å². The largest absolute Gasteiger partial charge is 0.282 e. The minimum atomic E-state index is -3.61. The van der Waals surface area contributed by atoms with Crippen molar-refractivity contribution in [2.75, 3.05) is 6.61 Å². The van der Waals surface area contributed by atoms with Crippen LogP contribution in [0.3, 0.4) is 0 Å². The fourth-order valence-corrected chi connectivity index (χ4v) is 3.86. The van der Waals surface area contributed by atoms with E-state index in [9.17, 15) is 8.42 Å². The Morgan fingerprint density at radius 3 is 2.33 bits per heavy atom. The predicted molar refractivity (Wildman–Crippen MR) is 72.9 cm³/mol. The molecule has 1 aromatic rings. The molecule has 0 aliphatic carbocycles. The van der Waals surface area contributed by atoms with Crippen LogP contribution < -0.4 is 0 Å². The van der Waals surface area contributed by atoms with Gasteiger partial charge in [-0.3, -0.25) is 4.84 Å². The quantitative estimate of drug-likeness (QED) is 0.781. The van der Waals surface area contributed by atoms with Crippen LogP contribution in [0.5, 0.6) is 0 Å². The average Bonchev–Trinajstić information content (AvgIpc) is 2.55. The maximum Gasteiger partial charge on any atom is 0.265 e. The van der Waals surface area contributed by atoms with Crippen molar-refractivity contribution >= 4 is 26.0 Å². The molecule has 2 rings (SSSR count). The van der Waals surface area contributed by atoms with Crippen molar-refractivity contribution in [1.29, 1.82) is 0 Å². The van der Waals surface area contributed by atoms with Gasteiger partial charge in [-0.2, -0.15) is 0 Å². The Morgan fingerprint density at radius 2 is 1.89 bits per heavy atom. The van der Waals surface area contributed by atoms with Crippen molar-refractivity contribution in [1.82, 2.24) is 4.47 Å². The van der Waals surface area contributed by atoms with Crippen LogP contribution in [-0.4, -0.2) is 29.9 Å². The average molecular weight is 334 g/mol. The van der Waals surface area contributed by atoms with Crippen molar-refractivity contribution in [2.45, 2.75) is 36.0 Å². The van der Waals surface area contributed by atoms with Crippen LogP contribution in [0, 0.1) is 6.92 Å². The van der Waals surface area contributed by atoms with Gasteiger partial charge in [-0.05, 0) is 32.9 Å². The molecule has 4 nitrogen and oxygen atoms in total. The van der Waals surface area contributed by atoms with E-state index in [1.54, 1.807) is 24.3 Å². The third-order valence-corrected chi connectivity index (χ3v) is 6.38. The Bertz CT molecular complexity index is 539. The van der Waals surface area contributed by atoms with Crippen LogP contribution in [0.25, 0.3) is 0 Å². The molecule has 0 bridgehead atoms. The highest BCUT2D eigenvalue weighted by Gasteiger charge is 2.48. The SMILES string of the molecule is Cc1ccc(S(=O)(=O)N2OC[C@H](Br)C2(C)C)cc1. The molecule has 1 aromatic carbocycles. The van der Waals surface area contributed by atoms with Crippen molar-refractivity contribution in [2.24, 2.45) is 0 Å². The van der Waals surface area contributed by atoms with Gasteiger partial charge in [0.05, 0.1) is 21.9 Å². The highest BCUT2D eigenvalue weighted by molar-refractivity contribution is 9.09. The molecular formula is C12H16BrNO3S. The lowest BCUT2D eigenvalue weighted by atomic mass is 10.0. The molecule has 1 fully saturated rings. The second kappa shape index (κ2) is 4.59. The van der Waals surface area contributed by atoms with Crippen molar-refractivity contribution < 1.29 is 13.3 Å². The smallest absolute Gasteiger partial charge is 0.265 e. The van der Waals surface area contributed by atoms with E-state index in [0.29, 0.717) is 6.61 Å². The lowest BCUT2D eigenvalue weighted by Gasteiger charge is -2.29. The van der Waals surface area contributed by atoms with Gasteiger partial charge in [0.2, 0.25) is 0 Å². The molecule has 1 saturated heterocycles. The zero-order chi connectivity index (χ0) is 13.6. The molecule has 0 unspecified atom stereocenters. The summed E-state index contributed by atoms with van der Waals surface area (Å²) < 4.78 is 26.1. The lowest BCUT2D eigenvalue weighted by Crippen LogP contribution is -2.45. The number of hydroxylamine groups is 1. The summed E-state index contributed by atoms with van der Waals surface area (Å²) in [5.41, 5.74) is 0.415. The second-order valence-electron chi connectivity index (χ2n) is 4.96. The first-order valence-corrected chi connectivity index (χ1v) is 8.01. The maximum atomic E-state index is 12.5. The molecule has 0 radical (unpaired) electrons. The fourth-order valence-electron chi connectivity index (χ4n) is 1.80. The van der Waals surface area contributed by atoms with Gasteiger partial charge in [-0.15, -0.1) is 0 Å². The molecule has 1 aliphatic heterocycles. The zero-order valence-electron chi connectivity index (χ0n) is 10.6. The van der Waals surface area contributed by atoms with Gasteiger partial charge in [0, 0.05) is 0 Å². The number of hydrogen-bond donors (Lipinski definition) is 0. The van der Waals surface area contributed by atoms with E-state index in [-0.39, 0.29) is 9.72 Å². The summed E-state index contributed by atoms with van der Waals surface area (Å²) in [4.78, 5) is 5.56. The van der Waals surface area contributed by atoms with E-state index in [0.717, 1.165) is 10.0 Å². The molecule has 1 atom stereocenters. The first-order chi connectivity index (χ1) is 8.26. The van der Waals surface area contributed by atoms with Crippen LogP contribution in [-0.2, 0) is 14.9 Å². The summed E-state index contributed by atoms with van der Waals surface area (Å²) in [7, 11) is -3.61. The summed E-state index contributed by atoms with van der Waals surface area (Å²) in [5.74, 6) is 0. The minimum Gasteiger partial charge on any atom is -0.282 e. The van der Waals surface area contributed by atoms with Gasteiger partial charge in [-0.1, -0.05) is 38.1 Å². The third-order valence-electron chi connectivity index (χ3n) is 3.11. The first-order valence-electron chi connectivity index (χ1n) is 5.65. The number of aryl methyl sites for hydroxylation is 1. The second-order valence-corrected chi connectivity index (χ2v) is 7.82. The molecule has 100 valence electrons. The van der Waals surface area contributed by atoms with Crippen LogP contribution in [0.2, 0.25) is 0 Å². The Hall–Kier alpha value is -0.430. The number of rotatable bonds is 2. The molecule has 0 N–H and O–H groups in total. The Balaban J connectivity index is 2.41. The van der Waals surface area contributed by atoms with E-state index < -0.39 is 15.6 Å². The summed E-state index contributed by atoms with van der Waals surface area (Å²) >= 11 is 3.45. The topological polar surface area (TPSA) is 46.6 Å². The molecular weight excluding hydrogens is 318 g/mol. The molecule has 0 amide bonds. The number of benzene rings is 1. The number of nitrogens with zero attached hydrogens (tertiary/aromatic N) is 1. The van der Waals surface area contributed by atoms with E-state index in [2.05, 4.69) is 15.9 Å². The standard InChI is InChI=1S/C12H16BrNO3S/c1-9-4-6-10(7-5-9)18(15,16)14-12(2,3)11(13)8-17-14/h4-7,11H,8H2,1-3H3/t11-/m0/s1. The van der Waals surface area contributed by atoms with E-state index in [1.807, 2.05) is 20.8 Å². The summed E-state index contributed by atoms with van der Waals surface area (Å²) in [6.45, 7) is 5.94. The van der Waals surface area contributed by atoms with Gasteiger partial charge in [-0.25, -0.2) is 8.42 Å². The lowest BCUT2D eigenvalue weighted by molar-refractivity contribution is -0.0716. The Kier molecular flexibility index (Phi) is 3.57. The van der Waals surface area contributed by atoms with Crippen molar-refractivity contribution in [3.05, 3.63) is 29.8 Å². The molecule has 0 spiro atoms. The number of alkyl halides is 1. The number of sulfonamides is 1. The summed E-state index contributed by atoms with van der Waals surface area (Å²) in [6, 6.07) is 6.76. The Labute approximate surface area is 116 Å². The van der Waals surface area contributed by atoms with Crippen LogP contribution in [0.15, 0.2) is 29.2 Å². The van der Waals surface area contributed by atoms with Gasteiger partial charge in [0.1, 0.15) is 0 Å². The molecule has 0 saturated carbocycles. The maximum absolute atomic E-state index is 12.5. The van der Waals surface area contributed by atoms with Crippen molar-refractivity contribution in [3.8, 4) is 0 Å². The van der Waals surface area contributed by atoms with Crippen LogP contribution >= 0.6 is 15.9 Å². The van der Waals surface area contributed by atoms with Gasteiger partial charge >= 0.3 is 0 Å².